The third-order valence-electron chi connectivity index (χ3n) is 6.37. The number of nitrogens with one attached hydrogen (secondary N) is 1. The van der Waals surface area contributed by atoms with Crippen LogP contribution in [0.25, 0.3) is 0 Å². The summed E-state index contributed by atoms with van der Waals surface area (Å²) < 4.78 is 0. The Morgan fingerprint density at radius 1 is 0.737 bits per heavy atom. The van der Waals surface area contributed by atoms with E-state index in [-0.39, 0.29) is 0 Å². The molecule has 0 radical (unpaired) electrons. The molecule has 0 aromatic rings. The van der Waals surface area contributed by atoms with Crippen LogP contribution in [0.15, 0.2) is 0 Å². The van der Waals surface area contributed by atoms with E-state index in [9.17, 15) is 0 Å². The average molecular weight is 268 g/mol. The monoisotopic (exact) mass is 267 g/mol. The third kappa shape index (κ3) is 4.21. The van der Waals surface area contributed by atoms with Crippen LogP contribution >= 0.6 is 0 Å². The summed E-state index contributed by atoms with van der Waals surface area (Å²) in [4.78, 5) is 0. The topological polar surface area (TPSA) is 12.0 Å². The minimum absolute atomic E-state index is 0.659. The first-order valence-electron chi connectivity index (χ1n) is 8.48. The van der Waals surface area contributed by atoms with Gasteiger partial charge in [-0.25, -0.2) is 0 Å². The molecule has 114 valence electrons. The van der Waals surface area contributed by atoms with E-state index < -0.39 is 0 Å². The lowest BCUT2D eigenvalue weighted by Crippen LogP contribution is -2.44. The molecular weight excluding hydrogens is 230 g/mol. The van der Waals surface area contributed by atoms with E-state index >= 15 is 0 Å². The lowest BCUT2D eigenvalue weighted by atomic mass is 9.71. The van der Waals surface area contributed by atoms with Gasteiger partial charge in [0.05, 0.1) is 0 Å². The molecule has 1 rings (SSSR count). The van der Waals surface area contributed by atoms with Crippen LogP contribution in [0.2, 0.25) is 0 Å². The molecule has 0 amide bonds. The highest BCUT2D eigenvalue weighted by Crippen LogP contribution is 2.43. The Kier molecular flexibility index (Phi) is 6.36. The Morgan fingerprint density at radius 2 is 1.26 bits per heavy atom. The predicted octanol–water partition coefficient (Wildman–Crippen LogP) is 4.82. The highest BCUT2D eigenvalue weighted by Gasteiger charge is 2.37. The molecule has 0 aromatic carbocycles. The molecule has 0 spiro atoms. The summed E-state index contributed by atoms with van der Waals surface area (Å²) in [5.41, 5.74) is 0. The van der Waals surface area contributed by atoms with E-state index in [0.717, 1.165) is 41.4 Å². The average Bonchev–Trinajstić information content (AvgIpc) is 3.20. The highest BCUT2D eigenvalue weighted by molar-refractivity contribution is 4.90. The van der Waals surface area contributed by atoms with Crippen molar-refractivity contribution in [1.82, 2.24) is 5.32 Å². The van der Waals surface area contributed by atoms with Crippen molar-refractivity contribution in [3.05, 3.63) is 0 Å². The van der Waals surface area contributed by atoms with Gasteiger partial charge in [-0.15, -0.1) is 0 Å². The summed E-state index contributed by atoms with van der Waals surface area (Å²) in [5, 5.41) is 3.64. The van der Waals surface area contributed by atoms with Crippen molar-refractivity contribution in [3.8, 4) is 0 Å². The van der Waals surface area contributed by atoms with Crippen LogP contribution in [0.3, 0.4) is 0 Å². The molecule has 19 heavy (non-hydrogen) atoms. The Hall–Kier alpha value is -0.0400. The molecule has 1 heteroatoms. The zero-order chi connectivity index (χ0) is 14.7. The molecule has 1 saturated carbocycles. The zero-order valence-corrected chi connectivity index (χ0v) is 14.5. The second kappa shape index (κ2) is 7.11. The van der Waals surface area contributed by atoms with Gasteiger partial charge in [-0.05, 0) is 61.3 Å². The normalized spacial score (nSPS) is 25.7. The van der Waals surface area contributed by atoms with Gasteiger partial charge in [-0.2, -0.15) is 0 Å². The molecule has 1 fully saturated rings. The third-order valence-corrected chi connectivity index (χ3v) is 6.37. The fourth-order valence-corrected chi connectivity index (χ4v) is 3.80. The van der Waals surface area contributed by atoms with Gasteiger partial charge in [-0.3, -0.25) is 0 Å². The fraction of sp³-hybridized carbons (Fsp3) is 1.00. The molecule has 1 nitrogen and oxygen atoms in total. The second-order valence-electron chi connectivity index (χ2n) is 7.69. The van der Waals surface area contributed by atoms with E-state index in [2.05, 4.69) is 60.8 Å². The summed E-state index contributed by atoms with van der Waals surface area (Å²) >= 11 is 0. The van der Waals surface area contributed by atoms with E-state index in [1.165, 1.54) is 12.8 Å². The fourth-order valence-electron chi connectivity index (χ4n) is 3.80. The van der Waals surface area contributed by atoms with Gasteiger partial charge in [0.25, 0.3) is 0 Å². The van der Waals surface area contributed by atoms with Gasteiger partial charge < -0.3 is 5.32 Å². The molecule has 6 atom stereocenters. The minimum Gasteiger partial charge on any atom is -0.316 e. The maximum absolute atomic E-state index is 3.64. The van der Waals surface area contributed by atoms with Crippen LogP contribution in [0.1, 0.15) is 61.3 Å². The van der Waals surface area contributed by atoms with Crippen LogP contribution < -0.4 is 5.32 Å². The summed E-state index contributed by atoms with van der Waals surface area (Å²) in [7, 11) is 2.16. The zero-order valence-electron chi connectivity index (χ0n) is 14.5. The van der Waals surface area contributed by atoms with Crippen LogP contribution in [0.4, 0.5) is 0 Å². The van der Waals surface area contributed by atoms with Crippen LogP contribution in [0, 0.1) is 41.4 Å². The van der Waals surface area contributed by atoms with Crippen molar-refractivity contribution in [3.63, 3.8) is 0 Å². The summed E-state index contributed by atoms with van der Waals surface area (Å²) in [5.74, 6) is 5.79. The highest BCUT2D eigenvalue weighted by atomic mass is 14.9. The minimum atomic E-state index is 0.659. The van der Waals surface area contributed by atoms with Crippen LogP contribution in [-0.2, 0) is 0 Å². The second-order valence-corrected chi connectivity index (χ2v) is 7.69. The largest absolute Gasteiger partial charge is 0.316 e. The lowest BCUT2D eigenvalue weighted by molar-refractivity contribution is 0.134. The van der Waals surface area contributed by atoms with Crippen molar-refractivity contribution >= 4 is 0 Å². The van der Waals surface area contributed by atoms with Gasteiger partial charge in [0.1, 0.15) is 0 Å². The number of rotatable bonds is 8. The van der Waals surface area contributed by atoms with E-state index in [4.69, 9.17) is 0 Å². The summed E-state index contributed by atoms with van der Waals surface area (Å²) in [6.45, 7) is 17.0. The first-order chi connectivity index (χ1) is 8.81. The molecule has 0 aromatic heterocycles. The summed E-state index contributed by atoms with van der Waals surface area (Å²) in [6.07, 6.45) is 2.93. The molecule has 1 N–H and O–H groups in total. The van der Waals surface area contributed by atoms with Crippen LogP contribution in [-0.4, -0.2) is 13.1 Å². The van der Waals surface area contributed by atoms with Crippen molar-refractivity contribution in [2.75, 3.05) is 7.05 Å². The van der Waals surface area contributed by atoms with E-state index in [0.29, 0.717) is 6.04 Å². The smallest absolute Gasteiger partial charge is 0.0121 e. The van der Waals surface area contributed by atoms with Crippen molar-refractivity contribution in [2.45, 2.75) is 67.3 Å². The molecular formula is C18H37N. The molecule has 0 saturated heterocycles. The SMILES string of the molecule is CNC(C(C)C(C)C1CC1)C(C)C(C)C(C)C(C)C. The Balaban J connectivity index is 2.66. The molecule has 1 aliphatic carbocycles. The quantitative estimate of drug-likeness (QED) is 0.665. The van der Waals surface area contributed by atoms with Gasteiger partial charge in [0, 0.05) is 6.04 Å². The van der Waals surface area contributed by atoms with Gasteiger partial charge >= 0.3 is 0 Å². The summed E-state index contributed by atoms with van der Waals surface area (Å²) in [6, 6.07) is 0.659. The van der Waals surface area contributed by atoms with Crippen molar-refractivity contribution < 1.29 is 0 Å². The molecule has 0 heterocycles. The molecule has 1 aliphatic rings. The van der Waals surface area contributed by atoms with Gasteiger partial charge in [0.15, 0.2) is 0 Å². The Bertz CT molecular complexity index is 256. The van der Waals surface area contributed by atoms with Gasteiger partial charge in [-0.1, -0.05) is 48.5 Å². The Labute approximate surface area is 121 Å². The first-order valence-corrected chi connectivity index (χ1v) is 8.48. The molecule has 0 aliphatic heterocycles. The Morgan fingerprint density at radius 3 is 1.63 bits per heavy atom. The molecule has 0 bridgehead atoms. The maximum Gasteiger partial charge on any atom is 0.0121 e. The van der Waals surface area contributed by atoms with E-state index in [1.54, 1.807) is 0 Å². The van der Waals surface area contributed by atoms with Crippen molar-refractivity contribution in [1.29, 1.82) is 0 Å². The number of hydrogen-bond donors (Lipinski definition) is 1. The van der Waals surface area contributed by atoms with E-state index in [1.807, 2.05) is 0 Å². The standard InChI is InChI=1S/C18H37N/c1-11(2)12(3)13(4)15(6)18(19-8)16(7)14(5)17-9-10-17/h11-19H,9-10H2,1-8H3. The maximum atomic E-state index is 3.64. The van der Waals surface area contributed by atoms with Crippen LogP contribution in [0.5, 0.6) is 0 Å². The molecule has 6 unspecified atom stereocenters. The van der Waals surface area contributed by atoms with Crippen molar-refractivity contribution in [2.24, 2.45) is 41.4 Å². The number of hydrogen-bond acceptors (Lipinski definition) is 1. The van der Waals surface area contributed by atoms with Gasteiger partial charge in [0.2, 0.25) is 0 Å². The lowest BCUT2D eigenvalue weighted by Gasteiger charge is -2.39. The first kappa shape index (κ1) is 17.0. The predicted molar refractivity (Wildman–Crippen MR) is 86.2 cm³/mol.